The van der Waals surface area contributed by atoms with Gasteiger partial charge in [-0.25, -0.2) is 0 Å². The van der Waals surface area contributed by atoms with Crippen molar-refractivity contribution < 1.29 is 0 Å². The molecule has 0 unspecified atom stereocenters. The van der Waals surface area contributed by atoms with Crippen molar-refractivity contribution in [3.05, 3.63) is 35.4 Å². The summed E-state index contributed by atoms with van der Waals surface area (Å²) in [5.74, 6) is 1.00. The van der Waals surface area contributed by atoms with Crippen molar-refractivity contribution >= 4 is 0 Å². The normalized spacial score (nSPS) is 17.3. The SMILES string of the molecule is CCCCc1cccc(CCC2CCCCCC2)c1. The van der Waals surface area contributed by atoms with Gasteiger partial charge in [0.15, 0.2) is 0 Å². The van der Waals surface area contributed by atoms with Gasteiger partial charge in [0.25, 0.3) is 0 Å². The topological polar surface area (TPSA) is 0 Å². The van der Waals surface area contributed by atoms with Gasteiger partial charge < -0.3 is 0 Å². The van der Waals surface area contributed by atoms with E-state index in [1.807, 2.05) is 0 Å². The molecule has 1 saturated carbocycles. The monoisotopic (exact) mass is 258 g/mol. The summed E-state index contributed by atoms with van der Waals surface area (Å²) in [5, 5.41) is 0. The molecular weight excluding hydrogens is 228 g/mol. The van der Waals surface area contributed by atoms with Crippen molar-refractivity contribution in [3.8, 4) is 0 Å². The lowest BCUT2D eigenvalue weighted by atomic mass is 9.92. The summed E-state index contributed by atoms with van der Waals surface area (Å²) in [6.45, 7) is 2.27. The molecule has 1 aromatic rings. The van der Waals surface area contributed by atoms with Gasteiger partial charge in [0.05, 0.1) is 0 Å². The molecule has 0 aromatic heterocycles. The molecule has 0 amide bonds. The molecule has 2 rings (SSSR count). The van der Waals surface area contributed by atoms with Gasteiger partial charge in [0.1, 0.15) is 0 Å². The Morgan fingerprint density at radius 2 is 1.63 bits per heavy atom. The van der Waals surface area contributed by atoms with Crippen LogP contribution >= 0.6 is 0 Å². The molecule has 1 aliphatic carbocycles. The first-order valence-electron chi connectivity index (χ1n) is 8.46. The Morgan fingerprint density at radius 3 is 2.32 bits per heavy atom. The molecule has 0 nitrogen and oxygen atoms in total. The number of unbranched alkanes of at least 4 members (excludes halogenated alkanes) is 1. The predicted octanol–water partition coefficient (Wildman–Crippen LogP) is 5.93. The smallest absolute Gasteiger partial charge is 0.0276 e. The fourth-order valence-electron chi connectivity index (χ4n) is 3.34. The average Bonchev–Trinajstić information content (AvgIpc) is 2.72. The zero-order valence-electron chi connectivity index (χ0n) is 12.7. The summed E-state index contributed by atoms with van der Waals surface area (Å²) in [7, 11) is 0. The van der Waals surface area contributed by atoms with Crippen LogP contribution in [0.1, 0.15) is 75.8 Å². The first kappa shape index (κ1) is 14.6. The second-order valence-corrected chi connectivity index (χ2v) is 6.32. The number of hydrogen-bond donors (Lipinski definition) is 0. The van der Waals surface area contributed by atoms with Gasteiger partial charge in [-0.05, 0) is 42.7 Å². The quantitative estimate of drug-likeness (QED) is 0.554. The van der Waals surface area contributed by atoms with Crippen LogP contribution in [-0.2, 0) is 12.8 Å². The van der Waals surface area contributed by atoms with E-state index in [1.54, 1.807) is 11.1 Å². The van der Waals surface area contributed by atoms with Gasteiger partial charge in [-0.15, -0.1) is 0 Å². The van der Waals surface area contributed by atoms with Crippen LogP contribution in [0.15, 0.2) is 24.3 Å². The molecule has 1 aromatic carbocycles. The Kier molecular flexibility index (Phi) is 6.47. The van der Waals surface area contributed by atoms with Crippen LogP contribution in [0.25, 0.3) is 0 Å². The summed E-state index contributed by atoms with van der Waals surface area (Å²) < 4.78 is 0. The maximum atomic E-state index is 2.45. The first-order chi connectivity index (χ1) is 9.38. The van der Waals surface area contributed by atoms with Gasteiger partial charge >= 0.3 is 0 Å². The van der Waals surface area contributed by atoms with Crippen LogP contribution < -0.4 is 0 Å². The molecule has 1 fully saturated rings. The van der Waals surface area contributed by atoms with Gasteiger partial charge in [-0.2, -0.15) is 0 Å². The first-order valence-corrected chi connectivity index (χ1v) is 8.46. The fraction of sp³-hybridized carbons (Fsp3) is 0.684. The second-order valence-electron chi connectivity index (χ2n) is 6.32. The minimum Gasteiger partial charge on any atom is -0.0654 e. The van der Waals surface area contributed by atoms with Crippen LogP contribution in [0.4, 0.5) is 0 Å². The van der Waals surface area contributed by atoms with Crippen LogP contribution in [0.2, 0.25) is 0 Å². The summed E-state index contributed by atoms with van der Waals surface area (Å²) in [4.78, 5) is 0. The standard InChI is InChI=1S/C19H30/c1-2-3-9-18-12-8-13-19(16-18)15-14-17-10-6-4-5-7-11-17/h8,12-13,16-17H,2-7,9-11,14-15H2,1H3. The molecule has 0 heterocycles. The van der Waals surface area contributed by atoms with E-state index in [0.717, 1.165) is 5.92 Å². The van der Waals surface area contributed by atoms with Crippen LogP contribution in [0.5, 0.6) is 0 Å². The summed E-state index contributed by atoms with van der Waals surface area (Å²) in [6.07, 6.45) is 15.5. The van der Waals surface area contributed by atoms with E-state index in [9.17, 15) is 0 Å². The lowest BCUT2D eigenvalue weighted by molar-refractivity contribution is 0.428. The lowest BCUT2D eigenvalue weighted by Gasteiger charge is -2.14. The molecule has 0 atom stereocenters. The molecular formula is C19H30. The summed E-state index contributed by atoms with van der Waals surface area (Å²) in [5.41, 5.74) is 3.11. The highest BCUT2D eigenvalue weighted by molar-refractivity contribution is 5.23. The van der Waals surface area contributed by atoms with E-state index < -0.39 is 0 Å². The lowest BCUT2D eigenvalue weighted by Crippen LogP contribution is -2.01. The fourth-order valence-corrected chi connectivity index (χ4v) is 3.34. The largest absolute Gasteiger partial charge is 0.0654 e. The highest BCUT2D eigenvalue weighted by atomic mass is 14.2. The number of hydrogen-bond acceptors (Lipinski definition) is 0. The van der Waals surface area contributed by atoms with Crippen molar-refractivity contribution in [1.29, 1.82) is 0 Å². The van der Waals surface area contributed by atoms with Crippen LogP contribution in [0.3, 0.4) is 0 Å². The summed E-state index contributed by atoms with van der Waals surface area (Å²) >= 11 is 0. The van der Waals surface area contributed by atoms with E-state index in [4.69, 9.17) is 0 Å². The third-order valence-electron chi connectivity index (χ3n) is 4.63. The summed E-state index contributed by atoms with van der Waals surface area (Å²) in [6, 6.07) is 9.33. The Morgan fingerprint density at radius 1 is 0.947 bits per heavy atom. The van der Waals surface area contributed by atoms with Crippen LogP contribution in [-0.4, -0.2) is 0 Å². The molecule has 0 bridgehead atoms. The molecule has 19 heavy (non-hydrogen) atoms. The minimum atomic E-state index is 1.00. The molecule has 0 spiro atoms. The predicted molar refractivity (Wildman–Crippen MR) is 84.6 cm³/mol. The van der Waals surface area contributed by atoms with Crippen LogP contribution in [0, 0.1) is 5.92 Å². The Hall–Kier alpha value is -0.780. The van der Waals surface area contributed by atoms with E-state index in [-0.39, 0.29) is 0 Å². The van der Waals surface area contributed by atoms with Gasteiger partial charge in [0.2, 0.25) is 0 Å². The minimum absolute atomic E-state index is 1.00. The van der Waals surface area contributed by atoms with Crippen molar-refractivity contribution in [2.24, 2.45) is 5.92 Å². The molecule has 1 aliphatic rings. The molecule has 106 valence electrons. The van der Waals surface area contributed by atoms with E-state index in [1.165, 1.54) is 70.6 Å². The number of rotatable bonds is 6. The van der Waals surface area contributed by atoms with Crippen molar-refractivity contribution in [2.75, 3.05) is 0 Å². The van der Waals surface area contributed by atoms with Gasteiger partial charge in [-0.3, -0.25) is 0 Å². The Balaban J connectivity index is 1.81. The Labute approximate surface area is 119 Å². The number of benzene rings is 1. The highest BCUT2D eigenvalue weighted by Gasteiger charge is 2.12. The molecule has 0 heteroatoms. The third-order valence-corrected chi connectivity index (χ3v) is 4.63. The Bertz CT molecular complexity index is 345. The maximum absolute atomic E-state index is 2.45. The zero-order chi connectivity index (χ0) is 13.3. The van der Waals surface area contributed by atoms with E-state index in [0.29, 0.717) is 0 Å². The number of aryl methyl sites for hydroxylation is 2. The highest BCUT2D eigenvalue weighted by Crippen LogP contribution is 2.26. The second kappa shape index (κ2) is 8.40. The molecule has 0 aliphatic heterocycles. The maximum Gasteiger partial charge on any atom is -0.0276 e. The molecule has 0 saturated heterocycles. The zero-order valence-corrected chi connectivity index (χ0v) is 12.7. The molecule has 0 N–H and O–H groups in total. The third kappa shape index (κ3) is 5.38. The van der Waals surface area contributed by atoms with Crippen molar-refractivity contribution in [3.63, 3.8) is 0 Å². The van der Waals surface area contributed by atoms with E-state index >= 15 is 0 Å². The van der Waals surface area contributed by atoms with Gasteiger partial charge in [-0.1, -0.05) is 76.1 Å². The van der Waals surface area contributed by atoms with Crippen molar-refractivity contribution in [1.82, 2.24) is 0 Å². The van der Waals surface area contributed by atoms with E-state index in [2.05, 4.69) is 31.2 Å². The average molecular weight is 258 g/mol. The van der Waals surface area contributed by atoms with Crippen molar-refractivity contribution in [2.45, 2.75) is 77.6 Å². The molecule has 0 radical (unpaired) electrons. The van der Waals surface area contributed by atoms with Gasteiger partial charge in [0, 0.05) is 0 Å².